The van der Waals surface area contributed by atoms with Crippen LogP contribution in [0.4, 0.5) is 0 Å². The van der Waals surface area contributed by atoms with Crippen molar-refractivity contribution in [2.24, 2.45) is 0 Å². The lowest BCUT2D eigenvalue weighted by molar-refractivity contribution is -0.149. The molecule has 0 bridgehead atoms. The summed E-state index contributed by atoms with van der Waals surface area (Å²) in [5.41, 5.74) is 0. The van der Waals surface area contributed by atoms with E-state index in [4.69, 9.17) is 14.9 Å². The molecular weight excluding hydrogens is 729 g/mol. The van der Waals surface area contributed by atoms with E-state index in [1.165, 1.54) is 64.2 Å². The second-order valence-corrected chi connectivity index (χ2v) is 15.1. The van der Waals surface area contributed by atoms with Gasteiger partial charge in [-0.2, -0.15) is 0 Å². The van der Waals surface area contributed by atoms with Crippen LogP contribution in [0.15, 0.2) is 72.9 Å². The molecule has 0 aliphatic heterocycles. The zero-order valence-corrected chi connectivity index (χ0v) is 36.5. The SMILES string of the molecule is CC/C=C\C/C=C\C/C=C\C/C=C\C/C=C\C/C=C\CCC(=O)OC(CCCCCCCCCCCCC)CCCCCCCC(=O)NCC(=O)NC(CO)C(=O)O. The summed E-state index contributed by atoms with van der Waals surface area (Å²) in [6.07, 6.45) is 53.6. The molecule has 0 aromatic rings. The lowest BCUT2D eigenvalue weighted by Crippen LogP contribution is -2.47. The minimum atomic E-state index is -1.39. The molecule has 0 aromatic heterocycles. The van der Waals surface area contributed by atoms with Gasteiger partial charge in [0.05, 0.1) is 13.2 Å². The molecule has 2 atom stereocenters. The Balaban J connectivity index is 4.42. The number of ether oxygens (including phenoxy) is 1. The number of allylic oxidation sites excluding steroid dienone is 12. The van der Waals surface area contributed by atoms with E-state index < -0.39 is 24.5 Å². The van der Waals surface area contributed by atoms with E-state index in [1.807, 2.05) is 0 Å². The molecule has 0 radical (unpaired) electrons. The molecule has 2 unspecified atom stereocenters. The maximum atomic E-state index is 12.8. The molecule has 0 aliphatic rings. The van der Waals surface area contributed by atoms with Crippen LogP contribution >= 0.6 is 0 Å². The van der Waals surface area contributed by atoms with Gasteiger partial charge >= 0.3 is 11.9 Å². The van der Waals surface area contributed by atoms with Crippen LogP contribution < -0.4 is 10.6 Å². The van der Waals surface area contributed by atoms with Crippen LogP contribution in [0.2, 0.25) is 0 Å². The number of carboxylic acid groups (broad SMARTS) is 1. The highest BCUT2D eigenvalue weighted by molar-refractivity contribution is 5.87. The van der Waals surface area contributed by atoms with Crippen LogP contribution in [0.1, 0.15) is 187 Å². The lowest BCUT2D eigenvalue weighted by atomic mass is 10.0. The van der Waals surface area contributed by atoms with Gasteiger partial charge in [-0.1, -0.05) is 170 Å². The molecule has 330 valence electrons. The van der Waals surface area contributed by atoms with Gasteiger partial charge in [-0.25, -0.2) is 4.79 Å². The number of aliphatic carboxylic acids is 1. The molecule has 4 N–H and O–H groups in total. The van der Waals surface area contributed by atoms with Crippen molar-refractivity contribution in [3.63, 3.8) is 0 Å². The zero-order valence-electron chi connectivity index (χ0n) is 36.5. The Bertz CT molecular complexity index is 1200. The monoisotopic (exact) mass is 811 g/mol. The first kappa shape index (κ1) is 54.3. The molecule has 9 heteroatoms. The van der Waals surface area contributed by atoms with Gasteiger partial charge in [0.1, 0.15) is 12.1 Å². The van der Waals surface area contributed by atoms with Crippen molar-refractivity contribution in [2.75, 3.05) is 13.2 Å². The number of hydrogen-bond acceptors (Lipinski definition) is 6. The summed E-state index contributed by atoms with van der Waals surface area (Å²) in [5, 5.41) is 22.6. The Morgan fingerprint density at radius 2 is 0.966 bits per heavy atom. The fourth-order valence-corrected chi connectivity index (χ4v) is 6.27. The Morgan fingerprint density at radius 1 is 0.534 bits per heavy atom. The molecule has 0 fully saturated rings. The number of unbranched alkanes of at least 4 members (excludes halogenated alkanes) is 14. The molecule has 0 spiro atoms. The minimum Gasteiger partial charge on any atom is -0.480 e. The van der Waals surface area contributed by atoms with E-state index in [1.54, 1.807) is 0 Å². The van der Waals surface area contributed by atoms with Gasteiger partial charge in [-0.15, -0.1) is 0 Å². The predicted molar refractivity (Wildman–Crippen MR) is 240 cm³/mol. The molecule has 0 saturated carbocycles. The first-order chi connectivity index (χ1) is 28.3. The molecular formula is C49H82N2O7. The van der Waals surface area contributed by atoms with Crippen molar-refractivity contribution < 1.29 is 34.1 Å². The topological polar surface area (TPSA) is 142 Å². The molecule has 0 aromatic carbocycles. The summed E-state index contributed by atoms with van der Waals surface area (Å²) in [5.74, 6) is -2.39. The number of aliphatic hydroxyl groups excluding tert-OH is 1. The predicted octanol–water partition coefficient (Wildman–Crippen LogP) is 11.5. The van der Waals surface area contributed by atoms with Crippen molar-refractivity contribution in [3.8, 4) is 0 Å². The zero-order chi connectivity index (χ0) is 42.6. The summed E-state index contributed by atoms with van der Waals surface area (Å²) in [6, 6.07) is -1.39. The summed E-state index contributed by atoms with van der Waals surface area (Å²) < 4.78 is 5.99. The van der Waals surface area contributed by atoms with Crippen LogP contribution in [0.25, 0.3) is 0 Å². The van der Waals surface area contributed by atoms with Gasteiger partial charge in [0.2, 0.25) is 11.8 Å². The van der Waals surface area contributed by atoms with Crippen molar-refractivity contribution in [1.29, 1.82) is 0 Å². The fraction of sp³-hybridized carbons (Fsp3) is 0.673. The number of aliphatic hydroxyl groups is 1. The third-order valence-corrected chi connectivity index (χ3v) is 9.73. The van der Waals surface area contributed by atoms with E-state index >= 15 is 0 Å². The van der Waals surface area contributed by atoms with Crippen LogP contribution in [-0.4, -0.2) is 59.3 Å². The Hall–Kier alpha value is -3.72. The van der Waals surface area contributed by atoms with Gasteiger partial charge in [0.15, 0.2) is 0 Å². The van der Waals surface area contributed by atoms with E-state index in [9.17, 15) is 19.2 Å². The Morgan fingerprint density at radius 3 is 1.41 bits per heavy atom. The number of hydrogen-bond donors (Lipinski definition) is 4. The standard InChI is InChI=1S/C49H82N2O7/c1-3-5-7-9-11-13-15-16-17-18-19-20-21-22-24-26-28-33-37-41-48(55)58-44(38-34-30-27-25-23-14-12-10-8-6-4-2)39-35-31-29-32-36-40-46(53)50-42-47(54)51-45(43-52)49(56)57/h5,7,11,13,16-17,19-20,22,24,28,33,44-45,52H,3-4,6,8-10,12,14-15,18,21,23,25-27,29-32,34-43H2,1-2H3,(H,50,53)(H,51,54)(H,56,57)/b7-5-,13-11-,17-16-,20-19-,24-22-,33-28-. The quantitative estimate of drug-likeness (QED) is 0.0274. The van der Waals surface area contributed by atoms with E-state index in [2.05, 4.69) is 97.4 Å². The number of esters is 1. The Labute approximate surface area is 353 Å². The summed E-state index contributed by atoms with van der Waals surface area (Å²) in [7, 11) is 0. The third kappa shape index (κ3) is 39.1. The number of carbonyl (C=O) groups is 4. The highest BCUT2D eigenvalue weighted by atomic mass is 16.5. The van der Waals surface area contributed by atoms with Gasteiger partial charge in [0.25, 0.3) is 0 Å². The molecule has 9 nitrogen and oxygen atoms in total. The van der Waals surface area contributed by atoms with Gasteiger partial charge in [-0.05, 0) is 77.0 Å². The van der Waals surface area contributed by atoms with Crippen LogP contribution in [-0.2, 0) is 23.9 Å². The number of carboxylic acids is 1. The van der Waals surface area contributed by atoms with Crippen molar-refractivity contribution in [3.05, 3.63) is 72.9 Å². The molecule has 2 amide bonds. The van der Waals surface area contributed by atoms with E-state index in [-0.39, 0.29) is 30.9 Å². The molecule has 0 heterocycles. The molecule has 58 heavy (non-hydrogen) atoms. The molecule has 0 saturated heterocycles. The van der Waals surface area contributed by atoms with E-state index in [0.29, 0.717) is 19.3 Å². The van der Waals surface area contributed by atoms with Crippen LogP contribution in [0.5, 0.6) is 0 Å². The summed E-state index contributed by atoms with van der Waals surface area (Å²) in [6.45, 7) is 3.35. The van der Waals surface area contributed by atoms with Crippen molar-refractivity contribution >= 4 is 23.8 Å². The van der Waals surface area contributed by atoms with Gasteiger partial charge < -0.3 is 25.6 Å². The fourth-order valence-electron chi connectivity index (χ4n) is 6.27. The van der Waals surface area contributed by atoms with E-state index in [0.717, 1.165) is 83.5 Å². The highest BCUT2D eigenvalue weighted by Crippen LogP contribution is 2.18. The van der Waals surface area contributed by atoms with Crippen molar-refractivity contribution in [2.45, 2.75) is 199 Å². The smallest absolute Gasteiger partial charge is 0.328 e. The number of carbonyl (C=O) groups excluding carboxylic acids is 3. The third-order valence-electron chi connectivity index (χ3n) is 9.73. The van der Waals surface area contributed by atoms with Crippen LogP contribution in [0.3, 0.4) is 0 Å². The first-order valence-electron chi connectivity index (χ1n) is 22.8. The largest absolute Gasteiger partial charge is 0.480 e. The summed E-state index contributed by atoms with van der Waals surface area (Å²) in [4.78, 5) is 47.6. The minimum absolute atomic E-state index is 0.0557. The lowest BCUT2D eigenvalue weighted by Gasteiger charge is -2.18. The Kier molecular flexibility index (Phi) is 40.1. The van der Waals surface area contributed by atoms with Crippen LogP contribution in [0, 0.1) is 0 Å². The second kappa shape index (κ2) is 42.9. The number of rotatable bonds is 40. The maximum Gasteiger partial charge on any atom is 0.328 e. The average Bonchev–Trinajstić information content (AvgIpc) is 3.21. The number of amides is 2. The highest BCUT2D eigenvalue weighted by Gasteiger charge is 2.19. The average molecular weight is 811 g/mol. The second-order valence-electron chi connectivity index (χ2n) is 15.1. The van der Waals surface area contributed by atoms with Gasteiger partial charge in [0, 0.05) is 12.8 Å². The van der Waals surface area contributed by atoms with Crippen molar-refractivity contribution in [1.82, 2.24) is 10.6 Å². The molecule has 0 rings (SSSR count). The number of nitrogens with one attached hydrogen (secondary N) is 2. The summed E-state index contributed by atoms with van der Waals surface area (Å²) >= 11 is 0. The normalized spacial score (nSPS) is 13.2. The molecule has 0 aliphatic carbocycles. The van der Waals surface area contributed by atoms with Gasteiger partial charge in [-0.3, -0.25) is 14.4 Å². The maximum absolute atomic E-state index is 12.8. The first-order valence-corrected chi connectivity index (χ1v) is 22.8.